The molecule has 116 valence electrons. The molecule has 0 aromatic heterocycles. The van der Waals surface area contributed by atoms with E-state index in [1.807, 2.05) is 6.07 Å². The lowest BCUT2D eigenvalue weighted by Crippen LogP contribution is -2.29. The van der Waals surface area contributed by atoms with E-state index in [4.69, 9.17) is 23.2 Å². The van der Waals surface area contributed by atoms with E-state index in [-0.39, 0.29) is 5.41 Å². The molecule has 0 N–H and O–H groups in total. The van der Waals surface area contributed by atoms with Crippen molar-refractivity contribution in [1.82, 2.24) is 0 Å². The predicted molar refractivity (Wildman–Crippen MR) is 102 cm³/mol. The maximum atomic E-state index is 6.53. The van der Waals surface area contributed by atoms with E-state index >= 15 is 0 Å². The third-order valence-corrected chi connectivity index (χ3v) is 5.86. The van der Waals surface area contributed by atoms with Crippen molar-refractivity contribution in [3.8, 4) is 11.1 Å². The highest BCUT2D eigenvalue weighted by Crippen LogP contribution is 2.57. The van der Waals surface area contributed by atoms with Gasteiger partial charge in [0.15, 0.2) is 0 Å². The number of hydrogen-bond donors (Lipinski definition) is 0. The van der Waals surface area contributed by atoms with Gasteiger partial charge in [-0.1, -0.05) is 83.9 Å². The number of benzene rings is 3. The van der Waals surface area contributed by atoms with Crippen molar-refractivity contribution >= 4 is 29.3 Å². The SMILES string of the molecule is Clc1cc(Cl)c2c(c1)C1(CC=C2)c2ccccc2-c2ccccc21. The highest BCUT2D eigenvalue weighted by atomic mass is 35.5. The van der Waals surface area contributed by atoms with Crippen LogP contribution in [0.4, 0.5) is 0 Å². The van der Waals surface area contributed by atoms with Gasteiger partial charge in [-0.25, -0.2) is 0 Å². The molecule has 0 bridgehead atoms. The second-order valence-electron chi connectivity index (χ2n) is 6.45. The third kappa shape index (κ3) is 1.70. The van der Waals surface area contributed by atoms with Crippen LogP contribution in [0.5, 0.6) is 0 Å². The first-order valence-corrected chi connectivity index (χ1v) is 8.83. The molecule has 2 aliphatic carbocycles. The highest BCUT2D eigenvalue weighted by molar-refractivity contribution is 6.35. The average Bonchev–Trinajstić information content (AvgIpc) is 2.88. The molecule has 1 spiro atoms. The lowest BCUT2D eigenvalue weighted by molar-refractivity contribution is 0.638. The fourth-order valence-corrected chi connectivity index (χ4v) is 4.96. The molecule has 2 aliphatic rings. The Labute approximate surface area is 151 Å². The molecule has 2 heteroatoms. The summed E-state index contributed by atoms with van der Waals surface area (Å²) in [7, 11) is 0. The Morgan fingerprint density at radius 2 is 1.38 bits per heavy atom. The summed E-state index contributed by atoms with van der Waals surface area (Å²) in [6.45, 7) is 0. The molecule has 0 saturated carbocycles. The summed E-state index contributed by atoms with van der Waals surface area (Å²) in [6.07, 6.45) is 5.29. The van der Waals surface area contributed by atoms with Crippen molar-refractivity contribution in [1.29, 1.82) is 0 Å². The van der Waals surface area contributed by atoms with Crippen molar-refractivity contribution in [2.45, 2.75) is 11.8 Å². The van der Waals surface area contributed by atoms with Crippen molar-refractivity contribution in [2.24, 2.45) is 0 Å². The molecule has 0 amide bonds. The number of fused-ring (bicyclic) bond motifs is 7. The Balaban J connectivity index is 1.96. The Morgan fingerprint density at radius 1 is 0.750 bits per heavy atom. The molecule has 0 saturated heterocycles. The first-order valence-electron chi connectivity index (χ1n) is 8.07. The van der Waals surface area contributed by atoms with Crippen LogP contribution in [0.25, 0.3) is 17.2 Å². The van der Waals surface area contributed by atoms with Gasteiger partial charge in [0.25, 0.3) is 0 Å². The van der Waals surface area contributed by atoms with E-state index in [1.54, 1.807) is 0 Å². The van der Waals surface area contributed by atoms with Gasteiger partial charge < -0.3 is 0 Å². The van der Waals surface area contributed by atoms with Gasteiger partial charge in [-0.2, -0.15) is 0 Å². The molecule has 3 aromatic carbocycles. The van der Waals surface area contributed by atoms with Crippen molar-refractivity contribution in [3.63, 3.8) is 0 Å². The number of allylic oxidation sites excluding steroid dienone is 1. The monoisotopic (exact) mass is 348 g/mol. The lowest BCUT2D eigenvalue weighted by Gasteiger charge is -2.36. The molecular weight excluding hydrogens is 335 g/mol. The Kier molecular flexibility index (Phi) is 2.98. The minimum Gasteiger partial charge on any atom is -0.0843 e. The lowest BCUT2D eigenvalue weighted by atomic mass is 9.66. The van der Waals surface area contributed by atoms with Crippen LogP contribution in [0.1, 0.15) is 28.7 Å². The van der Waals surface area contributed by atoms with Crippen LogP contribution >= 0.6 is 23.2 Å². The molecule has 0 heterocycles. The predicted octanol–water partition coefficient (Wildman–Crippen LogP) is 6.73. The Morgan fingerprint density at radius 3 is 2.04 bits per heavy atom. The van der Waals surface area contributed by atoms with E-state index in [1.165, 1.54) is 27.8 Å². The highest BCUT2D eigenvalue weighted by Gasteiger charge is 2.46. The van der Waals surface area contributed by atoms with Crippen LogP contribution in [0.15, 0.2) is 66.7 Å². The molecule has 3 aromatic rings. The quantitative estimate of drug-likeness (QED) is 0.422. The second kappa shape index (κ2) is 4.99. The van der Waals surface area contributed by atoms with E-state index in [0.29, 0.717) is 5.02 Å². The van der Waals surface area contributed by atoms with Crippen LogP contribution in [0.2, 0.25) is 10.0 Å². The van der Waals surface area contributed by atoms with Gasteiger partial charge in [-0.3, -0.25) is 0 Å². The second-order valence-corrected chi connectivity index (χ2v) is 7.30. The van der Waals surface area contributed by atoms with Gasteiger partial charge in [-0.15, -0.1) is 0 Å². The summed E-state index contributed by atoms with van der Waals surface area (Å²) in [6, 6.07) is 21.3. The average molecular weight is 349 g/mol. The Bertz CT molecular complexity index is 969. The molecule has 0 aliphatic heterocycles. The smallest absolute Gasteiger partial charge is 0.0505 e. The van der Waals surface area contributed by atoms with Crippen molar-refractivity contribution < 1.29 is 0 Å². The minimum atomic E-state index is -0.203. The summed E-state index contributed by atoms with van der Waals surface area (Å²) in [4.78, 5) is 0. The van der Waals surface area contributed by atoms with Crippen molar-refractivity contribution in [3.05, 3.63) is 99.0 Å². The van der Waals surface area contributed by atoms with E-state index < -0.39 is 0 Å². The van der Waals surface area contributed by atoms with Crippen LogP contribution < -0.4 is 0 Å². The van der Waals surface area contributed by atoms with Crippen LogP contribution in [-0.4, -0.2) is 0 Å². The van der Waals surface area contributed by atoms with E-state index in [0.717, 1.165) is 17.0 Å². The summed E-state index contributed by atoms with van der Waals surface area (Å²) in [5.41, 5.74) is 7.39. The van der Waals surface area contributed by atoms with Gasteiger partial charge in [0.1, 0.15) is 0 Å². The van der Waals surface area contributed by atoms with E-state index in [2.05, 4.69) is 66.7 Å². The Hall–Kier alpha value is -2.02. The molecular formula is C22H14Cl2. The molecule has 0 fully saturated rings. The van der Waals surface area contributed by atoms with Gasteiger partial charge >= 0.3 is 0 Å². The normalized spacial score (nSPS) is 15.9. The first kappa shape index (κ1) is 14.3. The zero-order valence-electron chi connectivity index (χ0n) is 12.9. The molecule has 24 heavy (non-hydrogen) atoms. The topological polar surface area (TPSA) is 0 Å². The largest absolute Gasteiger partial charge is 0.0843 e. The summed E-state index contributed by atoms with van der Waals surface area (Å²) in [5.74, 6) is 0. The fourth-order valence-electron chi connectivity index (χ4n) is 4.41. The first-order chi connectivity index (χ1) is 11.7. The minimum absolute atomic E-state index is 0.203. The number of hydrogen-bond acceptors (Lipinski definition) is 0. The molecule has 0 unspecified atom stereocenters. The van der Waals surface area contributed by atoms with Gasteiger partial charge in [-0.05, 0) is 51.9 Å². The number of rotatable bonds is 0. The molecule has 0 atom stereocenters. The van der Waals surface area contributed by atoms with Gasteiger partial charge in [0.05, 0.1) is 5.41 Å². The van der Waals surface area contributed by atoms with E-state index in [9.17, 15) is 0 Å². The maximum Gasteiger partial charge on any atom is 0.0505 e. The van der Waals surface area contributed by atoms with Crippen LogP contribution in [0, 0.1) is 0 Å². The maximum absolute atomic E-state index is 6.53. The zero-order chi connectivity index (χ0) is 16.3. The molecule has 0 radical (unpaired) electrons. The summed E-state index contributed by atoms with van der Waals surface area (Å²) >= 11 is 12.9. The van der Waals surface area contributed by atoms with Crippen LogP contribution in [0.3, 0.4) is 0 Å². The van der Waals surface area contributed by atoms with Gasteiger partial charge in [0, 0.05) is 10.0 Å². The summed E-state index contributed by atoms with van der Waals surface area (Å²) in [5, 5.41) is 1.41. The fraction of sp³-hybridized carbons (Fsp3) is 0.0909. The molecule has 5 rings (SSSR count). The van der Waals surface area contributed by atoms with Crippen LogP contribution in [-0.2, 0) is 5.41 Å². The standard InChI is InChI=1S/C22H14Cl2/c23-14-12-20-17(21(24)13-14)8-5-11-22(20)18-9-3-1-6-15(18)16-7-2-4-10-19(16)22/h1-10,12-13H,11H2. The van der Waals surface area contributed by atoms with Gasteiger partial charge in [0.2, 0.25) is 0 Å². The summed E-state index contributed by atoms with van der Waals surface area (Å²) < 4.78 is 0. The third-order valence-electron chi connectivity index (χ3n) is 5.33. The zero-order valence-corrected chi connectivity index (χ0v) is 14.4. The van der Waals surface area contributed by atoms with Crippen molar-refractivity contribution in [2.75, 3.05) is 0 Å². The number of halogens is 2. The molecule has 0 nitrogen and oxygen atoms in total.